The van der Waals surface area contributed by atoms with Crippen molar-refractivity contribution in [1.82, 2.24) is 14.5 Å². The second-order valence-corrected chi connectivity index (χ2v) is 9.32. The van der Waals surface area contributed by atoms with Gasteiger partial charge in [0.05, 0.1) is 36.3 Å². The van der Waals surface area contributed by atoms with Crippen LogP contribution in [-0.2, 0) is 9.53 Å². The fourth-order valence-corrected chi connectivity index (χ4v) is 4.81. The summed E-state index contributed by atoms with van der Waals surface area (Å²) >= 11 is 0. The van der Waals surface area contributed by atoms with Gasteiger partial charge in [-0.15, -0.1) is 0 Å². The molecule has 0 radical (unpaired) electrons. The van der Waals surface area contributed by atoms with Crippen molar-refractivity contribution < 1.29 is 14.3 Å². The third kappa shape index (κ3) is 6.98. The maximum absolute atomic E-state index is 13.9. The molecule has 0 saturated carbocycles. The highest BCUT2D eigenvalue weighted by atomic mass is 16.5. The summed E-state index contributed by atoms with van der Waals surface area (Å²) in [6, 6.07) is 14.4. The zero-order chi connectivity index (χ0) is 26.6. The fourth-order valence-electron chi connectivity index (χ4n) is 4.81. The summed E-state index contributed by atoms with van der Waals surface area (Å²) in [5, 5.41) is 0.522. The molecule has 7 heteroatoms. The van der Waals surface area contributed by atoms with Gasteiger partial charge in [-0.05, 0) is 37.1 Å². The monoisotopic (exact) mass is 507 g/mol. The predicted octanol–water partition coefficient (Wildman–Crippen LogP) is 6.07. The molecule has 2 aromatic carbocycles. The first-order valence-corrected chi connectivity index (χ1v) is 13.5. The number of para-hydroxylation sites is 3. The zero-order valence-electron chi connectivity index (χ0n) is 22.7. The highest BCUT2D eigenvalue weighted by Gasteiger charge is 2.29. The van der Waals surface area contributed by atoms with E-state index in [4.69, 9.17) is 14.5 Å². The van der Waals surface area contributed by atoms with Crippen LogP contribution < -0.4 is 10.3 Å². The molecule has 0 aliphatic heterocycles. The minimum atomic E-state index is -0.398. The fraction of sp³-hybridized carbons (Fsp3) is 0.500. The van der Waals surface area contributed by atoms with Crippen molar-refractivity contribution in [2.45, 2.75) is 71.3 Å². The van der Waals surface area contributed by atoms with Crippen molar-refractivity contribution in [2.24, 2.45) is 0 Å². The quantitative estimate of drug-likeness (QED) is 0.233. The van der Waals surface area contributed by atoms with E-state index in [2.05, 4.69) is 6.92 Å². The molecule has 1 heterocycles. The Morgan fingerprint density at radius 3 is 2.41 bits per heavy atom. The van der Waals surface area contributed by atoms with Gasteiger partial charge in [-0.25, -0.2) is 4.98 Å². The van der Waals surface area contributed by atoms with Crippen LogP contribution in [0.15, 0.2) is 53.3 Å². The molecule has 0 spiro atoms. The lowest BCUT2D eigenvalue weighted by molar-refractivity contribution is -0.135. The van der Waals surface area contributed by atoms with Crippen molar-refractivity contribution in [2.75, 3.05) is 27.4 Å². The molecule has 1 unspecified atom stereocenters. The van der Waals surface area contributed by atoms with Crippen LogP contribution in [0.4, 0.5) is 0 Å². The number of fused-ring (bicyclic) bond motifs is 1. The number of nitrogens with zero attached hydrogens (tertiary/aromatic N) is 3. The molecule has 1 amide bonds. The van der Waals surface area contributed by atoms with Crippen molar-refractivity contribution in [3.8, 4) is 11.4 Å². The van der Waals surface area contributed by atoms with Gasteiger partial charge < -0.3 is 14.4 Å². The number of carbonyl (C=O) groups is 1. The van der Waals surface area contributed by atoms with Gasteiger partial charge in [-0.3, -0.25) is 14.2 Å². The number of methoxy groups -OCH3 is 2. The molecular weight excluding hydrogens is 466 g/mol. The molecule has 0 aliphatic rings. The highest BCUT2D eigenvalue weighted by molar-refractivity contribution is 5.79. The lowest BCUT2D eigenvalue weighted by Gasteiger charge is -2.32. The normalized spacial score (nSPS) is 12.0. The number of unbranched alkanes of at least 4 members (excludes halogenated alkanes) is 5. The standard InChI is InChI=1S/C30H41N3O4/c1-5-7-8-9-10-11-20-28(34)32(21-22-36-3)25(6-2)29-31-24-17-13-12-16-23(24)30(35)33(29)26-18-14-15-19-27(26)37-4/h12-19,25H,5-11,20-22H2,1-4H3. The molecule has 3 rings (SSSR count). The number of hydrogen-bond donors (Lipinski definition) is 0. The van der Waals surface area contributed by atoms with Gasteiger partial charge in [0.2, 0.25) is 5.91 Å². The highest BCUT2D eigenvalue weighted by Crippen LogP contribution is 2.30. The second kappa shape index (κ2) is 14.5. The minimum Gasteiger partial charge on any atom is -0.495 e. The second-order valence-electron chi connectivity index (χ2n) is 9.32. The maximum atomic E-state index is 13.9. The summed E-state index contributed by atoms with van der Waals surface area (Å²) in [6.45, 7) is 5.06. The molecule has 0 N–H and O–H groups in total. The Hall–Kier alpha value is -3.19. The third-order valence-electron chi connectivity index (χ3n) is 6.79. The van der Waals surface area contributed by atoms with E-state index in [1.807, 2.05) is 54.3 Å². The average molecular weight is 508 g/mol. The molecule has 200 valence electrons. The summed E-state index contributed by atoms with van der Waals surface area (Å²) in [6.07, 6.45) is 7.77. The van der Waals surface area contributed by atoms with E-state index >= 15 is 0 Å². The number of benzene rings is 2. The first-order chi connectivity index (χ1) is 18.1. The van der Waals surface area contributed by atoms with E-state index in [0.29, 0.717) is 54.2 Å². The maximum Gasteiger partial charge on any atom is 0.266 e. The predicted molar refractivity (Wildman–Crippen MR) is 149 cm³/mol. The Bertz CT molecular complexity index is 1210. The summed E-state index contributed by atoms with van der Waals surface area (Å²) in [5.41, 5.74) is 1.04. The molecule has 0 bridgehead atoms. The summed E-state index contributed by atoms with van der Waals surface area (Å²) in [4.78, 5) is 34.3. The molecule has 0 fully saturated rings. The molecule has 0 aliphatic carbocycles. The average Bonchev–Trinajstić information content (AvgIpc) is 2.93. The van der Waals surface area contributed by atoms with E-state index in [0.717, 1.165) is 19.3 Å². The molecular formula is C30H41N3O4. The van der Waals surface area contributed by atoms with Crippen molar-refractivity contribution in [3.05, 3.63) is 64.7 Å². The van der Waals surface area contributed by atoms with E-state index in [-0.39, 0.29) is 11.5 Å². The topological polar surface area (TPSA) is 73.7 Å². The molecule has 37 heavy (non-hydrogen) atoms. The lowest BCUT2D eigenvalue weighted by Crippen LogP contribution is -2.40. The lowest BCUT2D eigenvalue weighted by atomic mass is 10.1. The minimum absolute atomic E-state index is 0.0633. The summed E-state index contributed by atoms with van der Waals surface area (Å²) in [7, 11) is 3.22. The van der Waals surface area contributed by atoms with Gasteiger partial charge in [-0.1, -0.05) is 70.2 Å². The van der Waals surface area contributed by atoms with Gasteiger partial charge >= 0.3 is 0 Å². The Labute approximate surface area is 220 Å². The van der Waals surface area contributed by atoms with Crippen LogP contribution >= 0.6 is 0 Å². The molecule has 0 saturated heterocycles. The first kappa shape index (κ1) is 28.4. The van der Waals surface area contributed by atoms with E-state index < -0.39 is 6.04 Å². The van der Waals surface area contributed by atoms with Crippen LogP contribution in [0.5, 0.6) is 5.75 Å². The Balaban J connectivity index is 2.07. The summed E-state index contributed by atoms with van der Waals surface area (Å²) < 4.78 is 12.6. The number of aromatic nitrogens is 2. The molecule has 7 nitrogen and oxygen atoms in total. The van der Waals surface area contributed by atoms with Crippen LogP contribution in [0.25, 0.3) is 16.6 Å². The van der Waals surface area contributed by atoms with Gasteiger partial charge in [0.25, 0.3) is 5.56 Å². The molecule has 3 aromatic rings. The van der Waals surface area contributed by atoms with Crippen LogP contribution in [0.1, 0.15) is 77.1 Å². The van der Waals surface area contributed by atoms with Crippen LogP contribution in [0.2, 0.25) is 0 Å². The van der Waals surface area contributed by atoms with Gasteiger partial charge in [-0.2, -0.15) is 0 Å². The van der Waals surface area contributed by atoms with Crippen LogP contribution in [0.3, 0.4) is 0 Å². The van der Waals surface area contributed by atoms with Gasteiger partial charge in [0, 0.05) is 20.1 Å². The van der Waals surface area contributed by atoms with Crippen molar-refractivity contribution in [3.63, 3.8) is 0 Å². The zero-order valence-corrected chi connectivity index (χ0v) is 22.7. The smallest absolute Gasteiger partial charge is 0.266 e. The Morgan fingerprint density at radius 1 is 0.973 bits per heavy atom. The van der Waals surface area contributed by atoms with Crippen molar-refractivity contribution in [1.29, 1.82) is 0 Å². The van der Waals surface area contributed by atoms with Gasteiger partial charge in [0.1, 0.15) is 11.6 Å². The van der Waals surface area contributed by atoms with E-state index in [1.54, 1.807) is 24.9 Å². The SMILES string of the molecule is CCCCCCCCC(=O)N(CCOC)C(CC)c1nc2ccccc2c(=O)n1-c1ccccc1OC. The number of rotatable bonds is 15. The number of hydrogen-bond acceptors (Lipinski definition) is 5. The number of carbonyl (C=O) groups excluding carboxylic acids is 1. The number of ether oxygens (including phenoxy) is 2. The molecule has 1 aromatic heterocycles. The van der Waals surface area contributed by atoms with Crippen molar-refractivity contribution >= 4 is 16.8 Å². The van der Waals surface area contributed by atoms with E-state index in [1.165, 1.54) is 19.3 Å². The molecule has 1 atom stereocenters. The Kier molecular flexibility index (Phi) is 11.1. The first-order valence-electron chi connectivity index (χ1n) is 13.5. The number of amides is 1. The van der Waals surface area contributed by atoms with Crippen LogP contribution in [-0.4, -0.2) is 47.7 Å². The largest absolute Gasteiger partial charge is 0.495 e. The third-order valence-corrected chi connectivity index (χ3v) is 6.79. The van der Waals surface area contributed by atoms with E-state index in [9.17, 15) is 9.59 Å². The van der Waals surface area contributed by atoms with Crippen LogP contribution in [0, 0.1) is 0 Å². The summed E-state index contributed by atoms with van der Waals surface area (Å²) in [5.74, 6) is 1.16. The van der Waals surface area contributed by atoms with Gasteiger partial charge in [0.15, 0.2) is 0 Å². The Morgan fingerprint density at radius 2 is 1.68 bits per heavy atom.